The van der Waals surface area contributed by atoms with Gasteiger partial charge in [0.1, 0.15) is 5.75 Å². The molecule has 108 valence electrons. The zero-order chi connectivity index (χ0) is 15.4. The summed E-state index contributed by atoms with van der Waals surface area (Å²) in [6, 6.07) is 11.0. The number of ether oxygens (including phenoxy) is 1. The lowest BCUT2D eigenvalue weighted by atomic mass is 10.1. The maximum absolute atomic E-state index is 12.2. The van der Waals surface area contributed by atoms with Gasteiger partial charge < -0.3 is 15.2 Å². The molecule has 0 heterocycles. The molecule has 6 heteroatoms. The number of hydrogen-bond donors (Lipinski definition) is 2. The minimum absolute atomic E-state index is 0.109. The number of nitrogens with one attached hydrogen (secondary N) is 1. The van der Waals surface area contributed by atoms with Gasteiger partial charge in [0.25, 0.3) is 5.91 Å². The summed E-state index contributed by atoms with van der Waals surface area (Å²) in [6.45, 7) is 0. The smallest absolute Gasteiger partial charge is 0.339 e. The van der Waals surface area contributed by atoms with E-state index in [1.54, 1.807) is 30.3 Å². The number of rotatable bonds is 3. The quantitative estimate of drug-likeness (QED) is 0.834. The molecule has 2 N–H and O–H groups in total. The molecule has 0 radical (unpaired) electrons. The number of para-hydroxylation sites is 1. The predicted octanol–water partition coefficient (Wildman–Crippen LogP) is 3.19. The summed E-state index contributed by atoms with van der Waals surface area (Å²) in [7, 11) is 1.27. The Labute approximate surface area is 129 Å². The molecule has 0 unspecified atom stereocenters. The lowest BCUT2D eigenvalue weighted by Crippen LogP contribution is -2.15. The van der Waals surface area contributed by atoms with Crippen LogP contribution < -0.4 is 5.32 Å². The van der Waals surface area contributed by atoms with Crippen LogP contribution in [0.1, 0.15) is 20.7 Å². The molecule has 0 bridgehead atoms. The van der Waals surface area contributed by atoms with Gasteiger partial charge in [0.15, 0.2) is 0 Å². The van der Waals surface area contributed by atoms with Gasteiger partial charge in [-0.3, -0.25) is 4.79 Å². The van der Waals surface area contributed by atoms with Crippen LogP contribution in [0.5, 0.6) is 5.75 Å². The van der Waals surface area contributed by atoms with Gasteiger partial charge in [-0.2, -0.15) is 0 Å². The number of halogens is 1. The number of carbonyl (C=O) groups excluding carboxylic acids is 2. The Hall–Kier alpha value is -2.34. The van der Waals surface area contributed by atoms with E-state index in [2.05, 4.69) is 26.0 Å². The van der Waals surface area contributed by atoms with Gasteiger partial charge in [-0.1, -0.05) is 28.1 Å². The second-order valence-electron chi connectivity index (χ2n) is 4.15. The monoisotopic (exact) mass is 349 g/mol. The van der Waals surface area contributed by atoms with Crippen molar-refractivity contribution >= 4 is 33.5 Å². The number of methoxy groups -OCH3 is 1. The summed E-state index contributed by atoms with van der Waals surface area (Å²) in [5.41, 5.74) is 0.666. The van der Waals surface area contributed by atoms with Crippen LogP contribution in [0.3, 0.4) is 0 Å². The Balaban J connectivity index is 2.30. The largest absolute Gasteiger partial charge is 0.507 e. The first kappa shape index (κ1) is 15.1. The van der Waals surface area contributed by atoms with Crippen LogP contribution >= 0.6 is 15.9 Å². The van der Waals surface area contributed by atoms with Crippen LogP contribution in [-0.4, -0.2) is 24.1 Å². The van der Waals surface area contributed by atoms with Crippen molar-refractivity contribution in [1.29, 1.82) is 0 Å². The predicted molar refractivity (Wildman–Crippen MR) is 81.5 cm³/mol. The standard InChI is InChI=1S/C15H12BrNO4/c1-21-15(20)10-4-2-3-5-12(10)17-14(19)11-7-6-9(16)8-13(11)18/h2-8,18H,1H3,(H,17,19). The van der Waals surface area contributed by atoms with Gasteiger partial charge in [0.05, 0.1) is 23.9 Å². The van der Waals surface area contributed by atoms with E-state index in [1.165, 1.54) is 19.2 Å². The molecule has 2 aromatic rings. The second kappa shape index (κ2) is 6.41. The third kappa shape index (κ3) is 3.41. The fraction of sp³-hybridized carbons (Fsp3) is 0.0667. The Bertz CT molecular complexity index is 700. The van der Waals surface area contributed by atoms with Gasteiger partial charge >= 0.3 is 5.97 Å². The fourth-order valence-corrected chi connectivity index (χ4v) is 2.12. The summed E-state index contributed by atoms with van der Waals surface area (Å²) in [5.74, 6) is -1.22. The number of phenols is 1. The van der Waals surface area contributed by atoms with E-state index in [4.69, 9.17) is 0 Å². The van der Waals surface area contributed by atoms with Crippen LogP contribution in [0, 0.1) is 0 Å². The van der Waals surface area contributed by atoms with Gasteiger partial charge in [0.2, 0.25) is 0 Å². The molecule has 0 spiro atoms. The average molecular weight is 350 g/mol. The van der Waals surface area contributed by atoms with Gasteiger partial charge in [-0.25, -0.2) is 4.79 Å². The van der Waals surface area contributed by atoms with Crippen molar-refractivity contribution in [2.24, 2.45) is 0 Å². The summed E-state index contributed by atoms with van der Waals surface area (Å²) in [6.07, 6.45) is 0. The second-order valence-corrected chi connectivity index (χ2v) is 5.07. The first-order valence-corrected chi connectivity index (χ1v) is 6.79. The topological polar surface area (TPSA) is 75.6 Å². The highest BCUT2D eigenvalue weighted by Gasteiger charge is 2.16. The summed E-state index contributed by atoms with van der Waals surface area (Å²) in [5, 5.41) is 12.4. The number of aromatic hydroxyl groups is 1. The summed E-state index contributed by atoms with van der Waals surface area (Å²) >= 11 is 3.20. The first-order chi connectivity index (χ1) is 10.0. The van der Waals surface area contributed by atoms with E-state index in [0.717, 1.165) is 0 Å². The number of hydrogen-bond acceptors (Lipinski definition) is 4. The number of esters is 1. The highest BCUT2D eigenvalue weighted by Crippen LogP contribution is 2.24. The molecule has 0 saturated heterocycles. The Morgan fingerprint density at radius 2 is 1.86 bits per heavy atom. The number of amides is 1. The highest BCUT2D eigenvalue weighted by molar-refractivity contribution is 9.10. The van der Waals surface area contributed by atoms with Crippen LogP contribution in [0.2, 0.25) is 0 Å². The third-order valence-electron chi connectivity index (χ3n) is 2.78. The van der Waals surface area contributed by atoms with Crippen molar-refractivity contribution in [1.82, 2.24) is 0 Å². The SMILES string of the molecule is COC(=O)c1ccccc1NC(=O)c1ccc(Br)cc1O. The normalized spacial score (nSPS) is 10.0. The third-order valence-corrected chi connectivity index (χ3v) is 3.28. The molecule has 1 amide bonds. The van der Waals surface area contributed by atoms with Crippen LogP contribution in [0.15, 0.2) is 46.9 Å². The van der Waals surface area contributed by atoms with E-state index < -0.39 is 11.9 Å². The van der Waals surface area contributed by atoms with Crippen LogP contribution in [0.4, 0.5) is 5.69 Å². The molecule has 5 nitrogen and oxygen atoms in total. The Morgan fingerprint density at radius 3 is 2.52 bits per heavy atom. The number of phenolic OH excluding ortho intramolecular Hbond substituents is 1. The number of benzene rings is 2. The molecule has 0 aliphatic rings. The lowest BCUT2D eigenvalue weighted by Gasteiger charge is -2.10. The fourth-order valence-electron chi connectivity index (χ4n) is 1.77. The van der Waals surface area contributed by atoms with Crippen molar-refractivity contribution in [3.63, 3.8) is 0 Å². The minimum atomic E-state index is -0.550. The molecular weight excluding hydrogens is 338 g/mol. The molecule has 2 rings (SSSR count). The zero-order valence-corrected chi connectivity index (χ0v) is 12.7. The molecule has 0 aliphatic carbocycles. The minimum Gasteiger partial charge on any atom is -0.507 e. The Morgan fingerprint density at radius 1 is 1.14 bits per heavy atom. The molecule has 0 saturated carbocycles. The number of anilines is 1. The molecular formula is C15H12BrNO4. The van der Waals surface area contributed by atoms with Crippen molar-refractivity contribution in [2.45, 2.75) is 0 Å². The highest BCUT2D eigenvalue weighted by atomic mass is 79.9. The lowest BCUT2D eigenvalue weighted by molar-refractivity contribution is 0.0602. The van der Waals surface area contributed by atoms with Gasteiger partial charge in [0, 0.05) is 4.47 Å². The molecule has 0 aliphatic heterocycles. The zero-order valence-electron chi connectivity index (χ0n) is 11.1. The van der Waals surface area contributed by atoms with Crippen molar-refractivity contribution in [2.75, 3.05) is 12.4 Å². The maximum atomic E-state index is 12.2. The molecule has 2 aromatic carbocycles. The number of carbonyl (C=O) groups is 2. The van der Waals surface area contributed by atoms with Gasteiger partial charge in [-0.15, -0.1) is 0 Å². The maximum Gasteiger partial charge on any atom is 0.339 e. The van der Waals surface area contributed by atoms with Gasteiger partial charge in [-0.05, 0) is 30.3 Å². The van der Waals surface area contributed by atoms with Crippen LogP contribution in [-0.2, 0) is 4.74 Å². The molecule has 0 aromatic heterocycles. The molecule has 21 heavy (non-hydrogen) atoms. The van der Waals surface area contributed by atoms with Crippen molar-refractivity contribution < 1.29 is 19.4 Å². The van der Waals surface area contributed by atoms with Crippen LogP contribution in [0.25, 0.3) is 0 Å². The van der Waals surface area contributed by atoms with Crippen molar-refractivity contribution in [3.05, 3.63) is 58.1 Å². The van der Waals surface area contributed by atoms with E-state index in [0.29, 0.717) is 10.2 Å². The van der Waals surface area contributed by atoms with E-state index >= 15 is 0 Å². The Kier molecular flexibility index (Phi) is 4.59. The molecule has 0 atom stereocenters. The van der Waals surface area contributed by atoms with E-state index in [9.17, 15) is 14.7 Å². The first-order valence-electron chi connectivity index (χ1n) is 6.00. The van der Waals surface area contributed by atoms with E-state index in [1.807, 2.05) is 0 Å². The molecule has 0 fully saturated rings. The summed E-state index contributed by atoms with van der Waals surface area (Å²) in [4.78, 5) is 23.8. The van der Waals surface area contributed by atoms with E-state index in [-0.39, 0.29) is 16.9 Å². The van der Waals surface area contributed by atoms with Crippen molar-refractivity contribution in [3.8, 4) is 5.75 Å². The summed E-state index contributed by atoms with van der Waals surface area (Å²) < 4.78 is 5.32. The average Bonchev–Trinajstić information content (AvgIpc) is 2.46.